The predicted octanol–water partition coefficient (Wildman–Crippen LogP) is -0.186. The topological polar surface area (TPSA) is 86.2 Å². The van der Waals surface area contributed by atoms with Crippen molar-refractivity contribution in [2.24, 2.45) is 0 Å². The summed E-state index contributed by atoms with van der Waals surface area (Å²) in [4.78, 5) is 18.5. The van der Waals surface area contributed by atoms with Crippen molar-refractivity contribution in [3.05, 3.63) is 17.8 Å². The molecule has 0 spiro atoms. The van der Waals surface area contributed by atoms with Gasteiger partial charge in [-0.25, -0.2) is 4.98 Å². The number of hydrogen-bond donors (Lipinski definition) is 1. The van der Waals surface area contributed by atoms with Crippen LogP contribution in [0, 0.1) is 11.3 Å². The Morgan fingerprint density at radius 1 is 1.41 bits per heavy atom. The summed E-state index contributed by atoms with van der Waals surface area (Å²) >= 11 is 0. The monoisotopic (exact) mass is 231 g/mol. The van der Waals surface area contributed by atoms with Crippen molar-refractivity contribution in [3.8, 4) is 6.07 Å². The predicted molar refractivity (Wildman–Crippen MR) is 63.2 cm³/mol. The van der Waals surface area contributed by atoms with Gasteiger partial charge in [-0.15, -0.1) is 0 Å². The summed E-state index contributed by atoms with van der Waals surface area (Å²) in [6, 6.07) is 3.62. The van der Waals surface area contributed by atoms with Crippen LogP contribution in [0.4, 0.5) is 11.5 Å². The third-order valence-electron chi connectivity index (χ3n) is 2.79. The molecular weight excluding hydrogens is 218 g/mol. The first kappa shape index (κ1) is 11.2. The Balaban J connectivity index is 2.14. The Morgan fingerprint density at radius 2 is 2.12 bits per heavy atom. The first-order valence-electron chi connectivity index (χ1n) is 5.34. The fraction of sp³-hybridized carbons (Fsp3) is 0.364. The normalized spacial score (nSPS) is 15.5. The smallest absolute Gasteiger partial charge is 0.209 e. The molecule has 1 fully saturated rings. The number of carbonyl (C=O) groups excluding carboxylic acids is 1. The van der Waals surface area contributed by atoms with Crippen LogP contribution >= 0.6 is 0 Å². The molecule has 1 aromatic rings. The molecule has 0 aliphatic carbocycles. The van der Waals surface area contributed by atoms with E-state index in [1.165, 1.54) is 6.20 Å². The molecule has 2 N–H and O–H groups in total. The van der Waals surface area contributed by atoms with Crippen LogP contribution in [0.5, 0.6) is 0 Å². The third kappa shape index (κ3) is 2.28. The molecule has 6 nitrogen and oxygen atoms in total. The van der Waals surface area contributed by atoms with Crippen molar-refractivity contribution in [2.45, 2.75) is 0 Å². The van der Waals surface area contributed by atoms with Gasteiger partial charge in [0, 0.05) is 32.4 Å². The van der Waals surface area contributed by atoms with Crippen LogP contribution < -0.4 is 10.6 Å². The number of nitrogen functional groups attached to an aromatic ring is 1. The highest BCUT2D eigenvalue weighted by Crippen LogP contribution is 2.21. The Hall–Kier alpha value is -2.29. The number of carbonyl (C=O) groups is 1. The molecule has 1 amide bonds. The van der Waals surface area contributed by atoms with Crippen molar-refractivity contribution in [3.63, 3.8) is 0 Å². The summed E-state index contributed by atoms with van der Waals surface area (Å²) in [7, 11) is 0. The van der Waals surface area contributed by atoms with Gasteiger partial charge in [-0.2, -0.15) is 5.26 Å². The maximum Gasteiger partial charge on any atom is 0.209 e. The number of anilines is 2. The first-order chi connectivity index (χ1) is 8.24. The maximum absolute atomic E-state index is 10.6. The molecular formula is C11H13N5O. The lowest BCUT2D eigenvalue weighted by atomic mass is 10.2. The number of pyridine rings is 1. The molecule has 0 unspecified atom stereocenters. The molecule has 0 bridgehead atoms. The van der Waals surface area contributed by atoms with Gasteiger partial charge in [0.15, 0.2) is 5.82 Å². The number of nitrogens with zero attached hydrogens (tertiary/aromatic N) is 4. The Labute approximate surface area is 99.2 Å². The average Bonchev–Trinajstić information content (AvgIpc) is 2.39. The quantitative estimate of drug-likeness (QED) is 0.713. The molecule has 1 aromatic heterocycles. The van der Waals surface area contributed by atoms with Gasteiger partial charge in [0.25, 0.3) is 0 Å². The second-order valence-electron chi connectivity index (χ2n) is 3.88. The highest BCUT2D eigenvalue weighted by atomic mass is 16.1. The van der Waals surface area contributed by atoms with Gasteiger partial charge >= 0.3 is 0 Å². The SMILES string of the molecule is N#Cc1cnc(N2CCN(C=O)CC2)c(N)c1. The highest BCUT2D eigenvalue weighted by Gasteiger charge is 2.18. The average molecular weight is 231 g/mol. The number of nitrogens with two attached hydrogens (primary N) is 1. The van der Waals surface area contributed by atoms with E-state index in [9.17, 15) is 4.79 Å². The van der Waals surface area contributed by atoms with Crippen molar-refractivity contribution < 1.29 is 4.79 Å². The van der Waals surface area contributed by atoms with Gasteiger partial charge in [0.1, 0.15) is 6.07 Å². The Kier molecular flexibility index (Phi) is 3.10. The maximum atomic E-state index is 10.6. The number of hydrogen-bond acceptors (Lipinski definition) is 5. The molecule has 0 aromatic carbocycles. The number of aromatic nitrogens is 1. The van der Waals surface area contributed by atoms with Crippen molar-refractivity contribution in [2.75, 3.05) is 36.8 Å². The van der Waals surface area contributed by atoms with Crippen LogP contribution in [0.15, 0.2) is 12.3 Å². The van der Waals surface area contributed by atoms with Crippen LogP contribution in [-0.4, -0.2) is 42.5 Å². The van der Waals surface area contributed by atoms with Crippen LogP contribution in [0.1, 0.15) is 5.56 Å². The van der Waals surface area contributed by atoms with E-state index >= 15 is 0 Å². The number of rotatable bonds is 2. The van der Waals surface area contributed by atoms with Gasteiger partial charge in [0.2, 0.25) is 6.41 Å². The fourth-order valence-electron chi connectivity index (χ4n) is 1.84. The second kappa shape index (κ2) is 4.70. The molecule has 2 rings (SSSR count). The van der Waals surface area contributed by atoms with E-state index in [0.717, 1.165) is 6.41 Å². The molecule has 0 saturated carbocycles. The van der Waals surface area contributed by atoms with Crippen molar-refractivity contribution in [1.82, 2.24) is 9.88 Å². The third-order valence-corrected chi connectivity index (χ3v) is 2.79. The molecule has 1 saturated heterocycles. The second-order valence-corrected chi connectivity index (χ2v) is 3.88. The van der Waals surface area contributed by atoms with E-state index in [-0.39, 0.29) is 0 Å². The molecule has 1 aliphatic rings. The van der Waals surface area contributed by atoms with E-state index in [2.05, 4.69) is 4.98 Å². The van der Waals surface area contributed by atoms with E-state index in [1.807, 2.05) is 11.0 Å². The number of amides is 1. The van der Waals surface area contributed by atoms with Crippen LogP contribution in [-0.2, 0) is 4.79 Å². The van der Waals surface area contributed by atoms with Gasteiger partial charge in [-0.1, -0.05) is 0 Å². The van der Waals surface area contributed by atoms with Crippen LogP contribution in [0.3, 0.4) is 0 Å². The molecule has 17 heavy (non-hydrogen) atoms. The fourth-order valence-corrected chi connectivity index (χ4v) is 1.84. The summed E-state index contributed by atoms with van der Waals surface area (Å²) in [5.74, 6) is 0.689. The summed E-state index contributed by atoms with van der Waals surface area (Å²) in [5.41, 5.74) is 6.82. The highest BCUT2D eigenvalue weighted by molar-refractivity contribution is 5.65. The van der Waals surface area contributed by atoms with Crippen LogP contribution in [0.2, 0.25) is 0 Å². The Bertz CT molecular complexity index is 459. The molecule has 6 heteroatoms. The van der Waals surface area contributed by atoms with E-state index < -0.39 is 0 Å². The zero-order valence-electron chi connectivity index (χ0n) is 9.33. The Morgan fingerprint density at radius 3 is 2.65 bits per heavy atom. The van der Waals surface area contributed by atoms with Crippen molar-refractivity contribution >= 4 is 17.9 Å². The largest absolute Gasteiger partial charge is 0.396 e. The molecule has 88 valence electrons. The minimum Gasteiger partial charge on any atom is -0.396 e. The van der Waals surface area contributed by atoms with Gasteiger partial charge in [-0.05, 0) is 6.07 Å². The number of nitriles is 1. The standard InChI is InChI=1S/C11H13N5O/c12-6-9-5-10(13)11(14-7-9)16-3-1-15(8-17)2-4-16/h5,7-8H,1-4,13H2. The zero-order valence-corrected chi connectivity index (χ0v) is 9.33. The lowest BCUT2D eigenvalue weighted by Gasteiger charge is -2.33. The molecule has 0 radical (unpaired) electrons. The first-order valence-corrected chi connectivity index (χ1v) is 5.34. The van der Waals surface area contributed by atoms with Crippen LogP contribution in [0.25, 0.3) is 0 Å². The summed E-state index contributed by atoms with van der Waals surface area (Å²) in [6.45, 7) is 2.76. The minimum atomic E-state index is 0.456. The van der Waals surface area contributed by atoms with E-state index in [0.29, 0.717) is 43.2 Å². The van der Waals surface area contributed by atoms with Crippen molar-refractivity contribution in [1.29, 1.82) is 5.26 Å². The zero-order chi connectivity index (χ0) is 12.3. The van der Waals surface area contributed by atoms with Gasteiger partial charge < -0.3 is 15.5 Å². The summed E-state index contributed by atoms with van der Waals surface area (Å²) < 4.78 is 0. The summed E-state index contributed by atoms with van der Waals surface area (Å²) in [6.07, 6.45) is 2.37. The lowest BCUT2D eigenvalue weighted by molar-refractivity contribution is -0.118. The summed E-state index contributed by atoms with van der Waals surface area (Å²) in [5, 5.41) is 8.73. The molecule has 1 aliphatic heterocycles. The van der Waals surface area contributed by atoms with Gasteiger partial charge in [-0.3, -0.25) is 4.79 Å². The molecule has 2 heterocycles. The molecule has 0 atom stereocenters. The van der Waals surface area contributed by atoms with Gasteiger partial charge in [0.05, 0.1) is 11.3 Å². The minimum absolute atomic E-state index is 0.456. The lowest BCUT2D eigenvalue weighted by Crippen LogP contribution is -2.46. The van der Waals surface area contributed by atoms with E-state index in [1.54, 1.807) is 11.0 Å². The number of piperazine rings is 1. The van der Waals surface area contributed by atoms with E-state index in [4.69, 9.17) is 11.0 Å².